The predicted molar refractivity (Wildman–Crippen MR) is 138 cm³/mol. The fourth-order valence-corrected chi connectivity index (χ4v) is 4.65. The van der Waals surface area contributed by atoms with Crippen molar-refractivity contribution in [2.45, 2.75) is 24.9 Å². The van der Waals surface area contributed by atoms with Crippen LogP contribution in [-0.2, 0) is 0 Å². The van der Waals surface area contributed by atoms with Crippen molar-refractivity contribution in [3.05, 3.63) is 108 Å². The summed E-state index contributed by atoms with van der Waals surface area (Å²) in [5.41, 5.74) is 11.3. The molecule has 0 atom stereocenters. The number of carbonyl (C=O) groups is 2. The number of nitrogens with zero attached hydrogens (tertiary/aromatic N) is 2. The number of likely N-dealkylation sites (tertiary alicyclic amines) is 1. The molecule has 3 amide bonds. The molecule has 0 radical (unpaired) electrons. The van der Waals surface area contributed by atoms with Crippen molar-refractivity contribution in [3.63, 3.8) is 0 Å². The number of hydrogen-bond acceptors (Lipinski definition) is 4. The zero-order valence-corrected chi connectivity index (χ0v) is 19.8. The number of hydrazine groups is 1. The SMILES string of the molecule is NCCNC(=O)NN(C(=O)c1ccccc1)C1CCN(C(c2ccccc2)c2ccccc2)CC1. The Kier molecular flexibility index (Phi) is 8.48. The maximum absolute atomic E-state index is 13.4. The summed E-state index contributed by atoms with van der Waals surface area (Å²) in [6.07, 6.45) is 1.48. The van der Waals surface area contributed by atoms with E-state index in [1.54, 1.807) is 12.1 Å². The summed E-state index contributed by atoms with van der Waals surface area (Å²) in [7, 11) is 0. The van der Waals surface area contributed by atoms with Gasteiger partial charge in [0, 0.05) is 31.7 Å². The van der Waals surface area contributed by atoms with Crippen LogP contribution in [-0.4, -0.2) is 54.1 Å². The van der Waals surface area contributed by atoms with E-state index in [9.17, 15) is 9.59 Å². The zero-order valence-electron chi connectivity index (χ0n) is 19.8. The smallest absolute Gasteiger partial charge is 0.333 e. The second-order valence-corrected chi connectivity index (χ2v) is 8.69. The molecule has 0 unspecified atom stereocenters. The quantitative estimate of drug-likeness (QED) is 0.460. The van der Waals surface area contributed by atoms with Crippen molar-refractivity contribution in [2.24, 2.45) is 5.73 Å². The number of rotatable bonds is 7. The van der Waals surface area contributed by atoms with Gasteiger partial charge >= 0.3 is 6.03 Å². The Morgan fingerprint density at radius 3 is 1.89 bits per heavy atom. The molecule has 0 bridgehead atoms. The molecule has 1 heterocycles. The van der Waals surface area contributed by atoms with Crippen LogP contribution in [0, 0.1) is 0 Å². The molecular formula is C28H33N5O2. The average Bonchev–Trinajstić information content (AvgIpc) is 2.92. The van der Waals surface area contributed by atoms with E-state index in [0.717, 1.165) is 25.9 Å². The first-order valence-corrected chi connectivity index (χ1v) is 12.1. The zero-order chi connectivity index (χ0) is 24.5. The van der Waals surface area contributed by atoms with Crippen LogP contribution in [0.2, 0.25) is 0 Å². The van der Waals surface area contributed by atoms with Gasteiger partial charge < -0.3 is 11.1 Å². The number of hydrogen-bond donors (Lipinski definition) is 3. The molecule has 1 aliphatic heterocycles. The van der Waals surface area contributed by atoms with E-state index in [0.29, 0.717) is 18.7 Å². The van der Waals surface area contributed by atoms with Crippen molar-refractivity contribution in [2.75, 3.05) is 26.2 Å². The van der Waals surface area contributed by atoms with E-state index in [2.05, 4.69) is 64.2 Å². The van der Waals surface area contributed by atoms with E-state index in [1.165, 1.54) is 16.1 Å². The molecule has 4 rings (SSSR count). The first-order valence-electron chi connectivity index (χ1n) is 12.1. The molecule has 7 nitrogen and oxygen atoms in total. The van der Waals surface area contributed by atoms with Crippen LogP contribution >= 0.6 is 0 Å². The van der Waals surface area contributed by atoms with Crippen LogP contribution in [0.25, 0.3) is 0 Å². The Morgan fingerprint density at radius 2 is 1.37 bits per heavy atom. The van der Waals surface area contributed by atoms with Crippen molar-refractivity contribution >= 4 is 11.9 Å². The van der Waals surface area contributed by atoms with Gasteiger partial charge in [-0.05, 0) is 36.1 Å². The van der Waals surface area contributed by atoms with E-state index in [-0.39, 0.29) is 18.0 Å². The molecule has 0 saturated carbocycles. The highest BCUT2D eigenvalue weighted by Gasteiger charge is 2.33. The number of amides is 3. The van der Waals surface area contributed by atoms with Crippen molar-refractivity contribution < 1.29 is 9.59 Å². The summed E-state index contributed by atoms with van der Waals surface area (Å²) in [6, 6.07) is 29.7. The Labute approximate surface area is 206 Å². The van der Waals surface area contributed by atoms with E-state index < -0.39 is 6.03 Å². The summed E-state index contributed by atoms with van der Waals surface area (Å²) in [4.78, 5) is 28.3. The van der Waals surface area contributed by atoms with Gasteiger partial charge in [-0.1, -0.05) is 78.9 Å². The monoisotopic (exact) mass is 471 g/mol. The van der Waals surface area contributed by atoms with Gasteiger partial charge in [-0.2, -0.15) is 0 Å². The molecule has 0 spiro atoms. The lowest BCUT2D eigenvalue weighted by Gasteiger charge is -2.41. The number of carbonyl (C=O) groups excluding carboxylic acids is 2. The van der Waals surface area contributed by atoms with Gasteiger partial charge in [0.1, 0.15) is 0 Å². The number of benzene rings is 3. The van der Waals surface area contributed by atoms with E-state index >= 15 is 0 Å². The molecule has 182 valence electrons. The molecule has 0 aromatic heterocycles. The Bertz CT molecular complexity index is 1030. The van der Waals surface area contributed by atoms with Gasteiger partial charge in [-0.15, -0.1) is 0 Å². The summed E-state index contributed by atoms with van der Waals surface area (Å²) in [6.45, 7) is 2.26. The molecule has 7 heteroatoms. The fourth-order valence-electron chi connectivity index (χ4n) is 4.65. The number of nitrogens with one attached hydrogen (secondary N) is 2. The highest BCUT2D eigenvalue weighted by molar-refractivity contribution is 5.95. The molecule has 3 aromatic rings. The molecule has 3 aromatic carbocycles. The predicted octanol–water partition coefficient (Wildman–Crippen LogP) is 3.56. The normalized spacial score (nSPS) is 14.5. The first kappa shape index (κ1) is 24.4. The van der Waals surface area contributed by atoms with Gasteiger partial charge in [0.15, 0.2) is 0 Å². The highest BCUT2D eigenvalue weighted by Crippen LogP contribution is 2.32. The molecular weight excluding hydrogens is 438 g/mol. The summed E-state index contributed by atoms with van der Waals surface area (Å²) in [5.74, 6) is -0.213. The second-order valence-electron chi connectivity index (χ2n) is 8.69. The summed E-state index contributed by atoms with van der Waals surface area (Å²) < 4.78 is 0. The minimum atomic E-state index is -0.423. The van der Waals surface area contributed by atoms with Crippen molar-refractivity contribution in [3.8, 4) is 0 Å². The molecule has 35 heavy (non-hydrogen) atoms. The van der Waals surface area contributed by atoms with Crippen LogP contribution in [0.3, 0.4) is 0 Å². The second kappa shape index (κ2) is 12.1. The van der Waals surface area contributed by atoms with Crippen LogP contribution in [0.5, 0.6) is 0 Å². The first-order chi connectivity index (χ1) is 17.2. The third kappa shape index (κ3) is 6.26. The van der Waals surface area contributed by atoms with Crippen LogP contribution < -0.4 is 16.5 Å². The summed E-state index contributed by atoms with van der Waals surface area (Å²) in [5, 5.41) is 4.20. The Hall–Kier alpha value is -3.68. The third-order valence-electron chi connectivity index (χ3n) is 6.35. The summed E-state index contributed by atoms with van der Waals surface area (Å²) >= 11 is 0. The standard InChI is InChI=1S/C28H33N5O2/c29-18-19-30-28(35)31-33(27(34)24-14-8-3-9-15-24)25-16-20-32(21-17-25)26(22-10-4-1-5-11-22)23-12-6-2-7-13-23/h1-15,25-26H,16-21,29H2,(H2,30,31,35). The van der Waals surface area contributed by atoms with Gasteiger partial charge in [0.2, 0.25) is 0 Å². The van der Waals surface area contributed by atoms with Gasteiger partial charge in [0.05, 0.1) is 12.1 Å². The van der Waals surface area contributed by atoms with Crippen LogP contribution in [0.1, 0.15) is 40.4 Å². The van der Waals surface area contributed by atoms with E-state index in [4.69, 9.17) is 5.73 Å². The maximum atomic E-state index is 13.4. The lowest BCUT2D eigenvalue weighted by molar-refractivity contribution is 0.0418. The van der Waals surface area contributed by atoms with Gasteiger partial charge in [-0.25, -0.2) is 15.2 Å². The lowest BCUT2D eigenvalue weighted by Crippen LogP contribution is -2.57. The topological polar surface area (TPSA) is 90.7 Å². The lowest BCUT2D eigenvalue weighted by atomic mass is 9.93. The number of piperidine rings is 1. The Morgan fingerprint density at radius 1 is 0.857 bits per heavy atom. The van der Waals surface area contributed by atoms with Crippen molar-refractivity contribution in [1.29, 1.82) is 0 Å². The van der Waals surface area contributed by atoms with E-state index in [1.807, 2.05) is 30.3 Å². The molecule has 0 aliphatic carbocycles. The maximum Gasteiger partial charge on any atom is 0.333 e. The number of urea groups is 1. The minimum Gasteiger partial charge on any atom is -0.335 e. The van der Waals surface area contributed by atoms with Crippen LogP contribution in [0.4, 0.5) is 4.79 Å². The average molecular weight is 472 g/mol. The van der Waals surface area contributed by atoms with Crippen LogP contribution in [0.15, 0.2) is 91.0 Å². The Balaban J connectivity index is 1.52. The van der Waals surface area contributed by atoms with Gasteiger partial charge in [-0.3, -0.25) is 9.69 Å². The minimum absolute atomic E-state index is 0.116. The van der Waals surface area contributed by atoms with Crippen molar-refractivity contribution in [1.82, 2.24) is 20.7 Å². The fraction of sp³-hybridized carbons (Fsp3) is 0.286. The third-order valence-corrected chi connectivity index (χ3v) is 6.35. The molecule has 1 aliphatic rings. The highest BCUT2D eigenvalue weighted by atomic mass is 16.2. The molecule has 4 N–H and O–H groups in total. The molecule has 1 saturated heterocycles. The number of nitrogens with two attached hydrogens (primary N) is 1. The molecule has 1 fully saturated rings. The largest absolute Gasteiger partial charge is 0.335 e. The van der Waals surface area contributed by atoms with Gasteiger partial charge in [0.25, 0.3) is 5.91 Å².